The van der Waals surface area contributed by atoms with Crippen molar-refractivity contribution in [2.45, 2.75) is 12.8 Å². The fourth-order valence-electron chi connectivity index (χ4n) is 2.65. The lowest BCUT2D eigenvalue weighted by Crippen LogP contribution is -2.37. The average molecular weight is 320 g/mol. The molecule has 1 aliphatic heterocycles. The van der Waals surface area contributed by atoms with E-state index in [0.29, 0.717) is 23.1 Å². The number of rotatable bonds is 3. The first kappa shape index (κ1) is 14.8. The molecule has 0 fully saturated rings. The lowest BCUT2D eigenvalue weighted by Gasteiger charge is -2.30. The fourth-order valence-corrected chi connectivity index (χ4v) is 2.76. The number of halogens is 2. The molecule has 22 heavy (non-hydrogen) atoms. The van der Waals surface area contributed by atoms with E-state index in [0.717, 1.165) is 18.4 Å². The number of anilines is 2. The van der Waals surface area contributed by atoms with E-state index in [1.54, 1.807) is 23.1 Å². The molecule has 114 valence electrons. The summed E-state index contributed by atoms with van der Waals surface area (Å²) in [7, 11) is 0. The van der Waals surface area contributed by atoms with E-state index in [-0.39, 0.29) is 18.3 Å². The first-order chi connectivity index (χ1) is 10.6. The fraction of sp³-hybridized carbons (Fsp3) is 0.250. The van der Waals surface area contributed by atoms with E-state index in [9.17, 15) is 9.18 Å². The molecule has 3 rings (SSSR count). The summed E-state index contributed by atoms with van der Waals surface area (Å²) in [5.74, 6) is -0.0827. The summed E-state index contributed by atoms with van der Waals surface area (Å²) in [5.41, 5.74) is 1.48. The second-order valence-electron chi connectivity index (χ2n) is 5.18. The van der Waals surface area contributed by atoms with Crippen molar-refractivity contribution in [2.75, 3.05) is 23.3 Å². The van der Waals surface area contributed by atoms with Crippen LogP contribution in [0.15, 0.2) is 36.5 Å². The van der Waals surface area contributed by atoms with Gasteiger partial charge in [0, 0.05) is 12.7 Å². The van der Waals surface area contributed by atoms with Crippen molar-refractivity contribution in [1.29, 1.82) is 0 Å². The predicted octanol–water partition coefficient (Wildman–Crippen LogP) is 3.27. The SMILES string of the molecule is O=C(CN1CCCc2cccc(F)c21)Nc1ccc(Cl)cn1. The number of aromatic nitrogens is 1. The highest BCUT2D eigenvalue weighted by Gasteiger charge is 2.22. The van der Waals surface area contributed by atoms with Crippen molar-refractivity contribution in [3.8, 4) is 0 Å². The maximum atomic E-state index is 14.0. The Balaban J connectivity index is 1.72. The van der Waals surface area contributed by atoms with Gasteiger partial charge in [0.1, 0.15) is 11.6 Å². The van der Waals surface area contributed by atoms with Gasteiger partial charge < -0.3 is 10.2 Å². The van der Waals surface area contributed by atoms with E-state index in [2.05, 4.69) is 10.3 Å². The van der Waals surface area contributed by atoms with Gasteiger partial charge in [-0.3, -0.25) is 4.79 Å². The molecule has 6 heteroatoms. The zero-order valence-corrected chi connectivity index (χ0v) is 12.6. The Kier molecular flexibility index (Phi) is 4.24. The largest absolute Gasteiger partial charge is 0.360 e. The number of para-hydroxylation sites is 1. The molecule has 0 saturated carbocycles. The first-order valence-electron chi connectivity index (χ1n) is 7.07. The van der Waals surface area contributed by atoms with Crippen LogP contribution in [0.2, 0.25) is 5.02 Å². The van der Waals surface area contributed by atoms with Crippen molar-refractivity contribution >= 4 is 29.0 Å². The molecule has 0 spiro atoms. The number of amides is 1. The second-order valence-corrected chi connectivity index (χ2v) is 5.62. The highest BCUT2D eigenvalue weighted by molar-refractivity contribution is 6.30. The van der Waals surface area contributed by atoms with Crippen LogP contribution < -0.4 is 10.2 Å². The molecule has 0 aliphatic carbocycles. The topological polar surface area (TPSA) is 45.2 Å². The van der Waals surface area contributed by atoms with Gasteiger partial charge in [0.15, 0.2) is 0 Å². The van der Waals surface area contributed by atoms with E-state index in [4.69, 9.17) is 11.6 Å². The summed E-state index contributed by atoms with van der Waals surface area (Å²) in [6.07, 6.45) is 3.21. The monoisotopic (exact) mass is 319 g/mol. The molecule has 0 radical (unpaired) electrons. The van der Waals surface area contributed by atoms with E-state index in [1.807, 2.05) is 6.07 Å². The molecular formula is C16H15ClFN3O. The Hall–Kier alpha value is -2.14. The normalized spacial score (nSPS) is 13.6. The van der Waals surface area contributed by atoms with Crippen molar-refractivity contribution in [1.82, 2.24) is 4.98 Å². The lowest BCUT2D eigenvalue weighted by molar-refractivity contribution is -0.115. The molecule has 4 nitrogen and oxygen atoms in total. The van der Waals surface area contributed by atoms with Gasteiger partial charge in [0.25, 0.3) is 0 Å². The Morgan fingerprint density at radius 2 is 2.23 bits per heavy atom. The Morgan fingerprint density at radius 3 is 3.00 bits per heavy atom. The molecule has 2 heterocycles. The molecule has 0 saturated heterocycles. The maximum absolute atomic E-state index is 14.0. The number of benzene rings is 1. The number of nitrogens with one attached hydrogen (secondary N) is 1. The van der Waals surface area contributed by atoms with Crippen molar-refractivity contribution < 1.29 is 9.18 Å². The lowest BCUT2D eigenvalue weighted by atomic mass is 10.0. The van der Waals surface area contributed by atoms with Crippen LogP contribution in [0.1, 0.15) is 12.0 Å². The average Bonchev–Trinajstić information content (AvgIpc) is 2.50. The van der Waals surface area contributed by atoms with Crippen LogP contribution in [0.5, 0.6) is 0 Å². The second kappa shape index (κ2) is 6.32. The van der Waals surface area contributed by atoms with E-state index >= 15 is 0 Å². The third-order valence-electron chi connectivity index (χ3n) is 3.59. The number of carbonyl (C=O) groups is 1. The minimum atomic E-state index is -0.283. The zero-order chi connectivity index (χ0) is 15.5. The minimum Gasteiger partial charge on any atom is -0.360 e. The van der Waals surface area contributed by atoms with Gasteiger partial charge in [-0.2, -0.15) is 0 Å². The van der Waals surface area contributed by atoms with Crippen LogP contribution in [-0.2, 0) is 11.2 Å². The number of pyridine rings is 1. The van der Waals surface area contributed by atoms with Gasteiger partial charge in [-0.15, -0.1) is 0 Å². The van der Waals surface area contributed by atoms with Crippen molar-refractivity contribution in [3.05, 3.63) is 52.9 Å². The Bertz CT molecular complexity index is 690. The van der Waals surface area contributed by atoms with E-state index < -0.39 is 0 Å². The predicted molar refractivity (Wildman–Crippen MR) is 84.8 cm³/mol. The molecule has 2 aromatic rings. The standard InChI is InChI=1S/C16H15ClFN3O/c17-12-6-7-14(19-9-12)20-15(22)10-21-8-2-4-11-3-1-5-13(18)16(11)21/h1,3,5-7,9H,2,4,8,10H2,(H,19,20,22). The van der Waals surface area contributed by atoms with Crippen LogP contribution in [0, 0.1) is 5.82 Å². The van der Waals surface area contributed by atoms with Crippen LogP contribution >= 0.6 is 11.6 Å². The Labute approximate surface area is 132 Å². The van der Waals surface area contributed by atoms with Crippen LogP contribution in [-0.4, -0.2) is 24.0 Å². The quantitative estimate of drug-likeness (QED) is 0.944. The molecule has 0 atom stereocenters. The molecule has 1 aromatic carbocycles. The first-order valence-corrected chi connectivity index (χ1v) is 7.45. The maximum Gasteiger partial charge on any atom is 0.245 e. The number of carbonyl (C=O) groups excluding carboxylic acids is 1. The third kappa shape index (κ3) is 3.20. The zero-order valence-electron chi connectivity index (χ0n) is 11.9. The summed E-state index contributed by atoms with van der Waals surface area (Å²) in [4.78, 5) is 17.9. The summed E-state index contributed by atoms with van der Waals surface area (Å²) >= 11 is 5.75. The van der Waals surface area contributed by atoms with Crippen molar-refractivity contribution in [2.24, 2.45) is 0 Å². The van der Waals surface area contributed by atoms with Gasteiger partial charge in [-0.05, 0) is 36.6 Å². The number of nitrogens with zero attached hydrogens (tertiary/aromatic N) is 2. The molecule has 1 aromatic heterocycles. The minimum absolute atomic E-state index is 0.0955. The molecule has 0 unspecified atom stereocenters. The highest BCUT2D eigenvalue weighted by Crippen LogP contribution is 2.29. The van der Waals surface area contributed by atoms with Crippen LogP contribution in [0.3, 0.4) is 0 Å². The van der Waals surface area contributed by atoms with Gasteiger partial charge in [-0.25, -0.2) is 9.37 Å². The number of hydrogen-bond donors (Lipinski definition) is 1. The molecule has 1 N–H and O–H groups in total. The van der Waals surface area contributed by atoms with E-state index in [1.165, 1.54) is 12.3 Å². The third-order valence-corrected chi connectivity index (χ3v) is 3.81. The molecule has 1 amide bonds. The Morgan fingerprint density at radius 1 is 1.36 bits per heavy atom. The molecule has 0 bridgehead atoms. The molecule has 1 aliphatic rings. The summed E-state index contributed by atoms with van der Waals surface area (Å²) in [6, 6.07) is 8.32. The van der Waals surface area contributed by atoms with Gasteiger partial charge in [0.05, 0.1) is 17.3 Å². The summed E-state index contributed by atoms with van der Waals surface area (Å²) in [6.45, 7) is 0.758. The van der Waals surface area contributed by atoms with Crippen LogP contribution in [0.25, 0.3) is 0 Å². The van der Waals surface area contributed by atoms with Gasteiger partial charge >= 0.3 is 0 Å². The highest BCUT2D eigenvalue weighted by atomic mass is 35.5. The summed E-state index contributed by atoms with van der Waals surface area (Å²) in [5, 5.41) is 3.20. The number of hydrogen-bond acceptors (Lipinski definition) is 3. The molecular weight excluding hydrogens is 305 g/mol. The van der Waals surface area contributed by atoms with Gasteiger partial charge in [-0.1, -0.05) is 23.7 Å². The van der Waals surface area contributed by atoms with Crippen molar-refractivity contribution in [3.63, 3.8) is 0 Å². The number of fused-ring (bicyclic) bond motifs is 1. The van der Waals surface area contributed by atoms with Crippen LogP contribution in [0.4, 0.5) is 15.9 Å². The number of aryl methyl sites for hydroxylation is 1. The van der Waals surface area contributed by atoms with Gasteiger partial charge in [0.2, 0.25) is 5.91 Å². The smallest absolute Gasteiger partial charge is 0.245 e. The summed E-state index contributed by atoms with van der Waals surface area (Å²) < 4.78 is 14.0.